The fourth-order valence-corrected chi connectivity index (χ4v) is 2.77. The van der Waals surface area contributed by atoms with Crippen LogP contribution in [0.2, 0.25) is 0 Å². The molecular weight excluding hydrogens is 397 g/mol. The molecule has 0 unspecified atom stereocenters. The lowest BCUT2D eigenvalue weighted by molar-refractivity contribution is 0.102. The lowest BCUT2D eigenvalue weighted by Gasteiger charge is -2.14. The minimum absolute atomic E-state index is 0.0262. The Balaban J connectivity index is 1.80. The number of carbonyl (C=O) groups excluding carboxylic acids is 2. The zero-order valence-corrected chi connectivity index (χ0v) is 17.4. The highest BCUT2D eigenvalue weighted by Crippen LogP contribution is 2.20. The fraction of sp³-hybridized carbons (Fsp3) is 0.130. The molecule has 0 aliphatic heterocycles. The number of halogens is 1. The van der Waals surface area contributed by atoms with Crippen LogP contribution in [0.1, 0.15) is 31.8 Å². The Kier molecular flexibility index (Phi) is 6.40. The molecule has 0 saturated carbocycles. The van der Waals surface area contributed by atoms with Gasteiger partial charge in [0.2, 0.25) is 0 Å². The van der Waals surface area contributed by atoms with E-state index in [1.165, 1.54) is 6.07 Å². The summed E-state index contributed by atoms with van der Waals surface area (Å²) in [6, 6.07) is 13.5. The molecule has 1 aromatic heterocycles. The number of hydrogen-bond acceptors (Lipinski definition) is 4. The standard InChI is InChI=1S/C23H22FN5O2/c1-14-4-11-20(26-13-14)28-23(31)18-12-17(24)9-10-19(18)27-22(30)16-7-5-15(6-8-16)21(25)29(2)3/h4-13,25H,1-3H3,(H,27,30)(H,26,28,31). The van der Waals surface area contributed by atoms with Crippen molar-refractivity contribution in [2.75, 3.05) is 24.7 Å². The number of amidine groups is 1. The van der Waals surface area contributed by atoms with Gasteiger partial charge in [-0.2, -0.15) is 0 Å². The Bertz CT molecular complexity index is 1130. The van der Waals surface area contributed by atoms with E-state index in [4.69, 9.17) is 5.41 Å². The molecule has 3 N–H and O–H groups in total. The summed E-state index contributed by atoms with van der Waals surface area (Å²) in [5, 5.41) is 13.2. The van der Waals surface area contributed by atoms with Crippen molar-refractivity contribution in [2.45, 2.75) is 6.92 Å². The topological polar surface area (TPSA) is 98.2 Å². The van der Waals surface area contributed by atoms with E-state index in [0.29, 0.717) is 22.8 Å². The predicted octanol–water partition coefficient (Wildman–Crippen LogP) is 3.92. The van der Waals surface area contributed by atoms with E-state index >= 15 is 0 Å². The maximum Gasteiger partial charge on any atom is 0.259 e. The largest absolute Gasteiger partial charge is 0.363 e. The molecule has 0 radical (unpaired) electrons. The molecule has 2 aromatic carbocycles. The van der Waals surface area contributed by atoms with Crippen LogP contribution in [0.25, 0.3) is 0 Å². The molecule has 3 aromatic rings. The number of amides is 2. The minimum Gasteiger partial charge on any atom is -0.363 e. The molecule has 1 heterocycles. The average Bonchev–Trinajstić information content (AvgIpc) is 2.76. The van der Waals surface area contributed by atoms with Crippen LogP contribution in [-0.4, -0.2) is 41.6 Å². The van der Waals surface area contributed by atoms with E-state index in [1.54, 1.807) is 61.6 Å². The van der Waals surface area contributed by atoms with Crippen molar-refractivity contribution < 1.29 is 14.0 Å². The number of aromatic nitrogens is 1. The van der Waals surface area contributed by atoms with Gasteiger partial charge in [0, 0.05) is 31.4 Å². The van der Waals surface area contributed by atoms with Crippen LogP contribution in [0.3, 0.4) is 0 Å². The van der Waals surface area contributed by atoms with Gasteiger partial charge in [0.05, 0.1) is 11.3 Å². The highest BCUT2D eigenvalue weighted by atomic mass is 19.1. The second kappa shape index (κ2) is 9.17. The third-order valence-corrected chi connectivity index (χ3v) is 4.50. The normalized spacial score (nSPS) is 10.3. The number of pyridine rings is 1. The van der Waals surface area contributed by atoms with Gasteiger partial charge in [-0.3, -0.25) is 15.0 Å². The van der Waals surface area contributed by atoms with Crippen molar-refractivity contribution in [2.24, 2.45) is 0 Å². The van der Waals surface area contributed by atoms with Crippen LogP contribution < -0.4 is 10.6 Å². The molecule has 2 amide bonds. The van der Waals surface area contributed by atoms with Crippen molar-refractivity contribution in [3.8, 4) is 0 Å². The molecule has 0 aliphatic rings. The van der Waals surface area contributed by atoms with Gasteiger partial charge < -0.3 is 15.5 Å². The second-order valence-electron chi connectivity index (χ2n) is 7.14. The van der Waals surface area contributed by atoms with E-state index in [0.717, 1.165) is 17.7 Å². The summed E-state index contributed by atoms with van der Waals surface area (Å²) in [7, 11) is 3.52. The number of hydrogen-bond donors (Lipinski definition) is 3. The summed E-state index contributed by atoms with van der Waals surface area (Å²) in [6.07, 6.45) is 1.60. The van der Waals surface area contributed by atoms with Gasteiger partial charge in [-0.15, -0.1) is 0 Å². The van der Waals surface area contributed by atoms with Gasteiger partial charge >= 0.3 is 0 Å². The lowest BCUT2D eigenvalue weighted by atomic mass is 10.1. The third kappa shape index (κ3) is 5.30. The second-order valence-corrected chi connectivity index (χ2v) is 7.14. The Morgan fingerprint density at radius 2 is 1.61 bits per heavy atom. The van der Waals surface area contributed by atoms with Crippen LogP contribution in [0.5, 0.6) is 0 Å². The maximum atomic E-state index is 13.8. The van der Waals surface area contributed by atoms with Crippen molar-refractivity contribution in [1.29, 1.82) is 5.41 Å². The van der Waals surface area contributed by atoms with E-state index < -0.39 is 17.6 Å². The Hall–Kier alpha value is -4.07. The number of carbonyl (C=O) groups is 2. The smallest absolute Gasteiger partial charge is 0.259 e. The van der Waals surface area contributed by atoms with Crippen molar-refractivity contribution in [3.63, 3.8) is 0 Å². The van der Waals surface area contributed by atoms with E-state index in [1.807, 2.05) is 6.92 Å². The van der Waals surface area contributed by atoms with Crippen LogP contribution in [-0.2, 0) is 0 Å². The number of anilines is 2. The number of aryl methyl sites for hydroxylation is 1. The van der Waals surface area contributed by atoms with Crippen molar-refractivity contribution in [3.05, 3.63) is 88.9 Å². The molecule has 0 saturated heterocycles. The Labute approximate surface area is 179 Å². The van der Waals surface area contributed by atoms with Crippen molar-refractivity contribution >= 4 is 29.2 Å². The molecule has 0 spiro atoms. The van der Waals surface area contributed by atoms with Crippen LogP contribution in [0, 0.1) is 18.2 Å². The van der Waals surface area contributed by atoms with E-state index in [2.05, 4.69) is 15.6 Å². The van der Waals surface area contributed by atoms with Crippen LogP contribution in [0.15, 0.2) is 60.8 Å². The summed E-state index contributed by atoms with van der Waals surface area (Å²) in [5.74, 6) is -1.03. The first-order valence-electron chi connectivity index (χ1n) is 9.46. The molecule has 8 heteroatoms. The first-order valence-corrected chi connectivity index (χ1v) is 9.46. The molecule has 0 aliphatic carbocycles. The number of nitrogens with one attached hydrogen (secondary N) is 3. The van der Waals surface area contributed by atoms with Gasteiger partial charge in [-0.1, -0.05) is 18.2 Å². The fourth-order valence-electron chi connectivity index (χ4n) is 2.77. The lowest BCUT2D eigenvalue weighted by Crippen LogP contribution is -2.22. The monoisotopic (exact) mass is 419 g/mol. The number of benzene rings is 2. The first kappa shape index (κ1) is 21.6. The predicted molar refractivity (Wildman–Crippen MR) is 118 cm³/mol. The Morgan fingerprint density at radius 1 is 0.935 bits per heavy atom. The average molecular weight is 419 g/mol. The molecule has 0 atom stereocenters. The van der Waals surface area contributed by atoms with Gasteiger partial charge in [-0.25, -0.2) is 9.37 Å². The SMILES string of the molecule is Cc1ccc(NC(=O)c2cc(F)ccc2NC(=O)c2ccc(C(=N)N(C)C)cc2)nc1. The first-order chi connectivity index (χ1) is 14.7. The Morgan fingerprint density at radius 3 is 2.23 bits per heavy atom. The summed E-state index contributed by atoms with van der Waals surface area (Å²) in [6.45, 7) is 1.87. The molecule has 3 rings (SSSR count). The quantitative estimate of drug-likeness (QED) is 0.431. The van der Waals surface area contributed by atoms with Crippen LogP contribution in [0.4, 0.5) is 15.9 Å². The third-order valence-electron chi connectivity index (χ3n) is 4.50. The molecule has 0 bridgehead atoms. The highest BCUT2D eigenvalue weighted by molar-refractivity contribution is 6.12. The van der Waals surface area contributed by atoms with Gasteiger partial charge in [0.25, 0.3) is 11.8 Å². The summed E-state index contributed by atoms with van der Waals surface area (Å²) in [4.78, 5) is 31.1. The highest BCUT2D eigenvalue weighted by Gasteiger charge is 2.17. The van der Waals surface area contributed by atoms with Crippen molar-refractivity contribution in [1.82, 2.24) is 9.88 Å². The molecular formula is C23H22FN5O2. The zero-order chi connectivity index (χ0) is 22.5. The summed E-state index contributed by atoms with van der Waals surface area (Å²) < 4.78 is 13.8. The molecule has 0 fully saturated rings. The molecule has 158 valence electrons. The number of nitrogens with zero attached hydrogens (tertiary/aromatic N) is 2. The maximum absolute atomic E-state index is 13.8. The van der Waals surface area contributed by atoms with Gasteiger partial charge in [0.1, 0.15) is 17.5 Å². The van der Waals surface area contributed by atoms with E-state index in [-0.39, 0.29) is 11.3 Å². The number of rotatable bonds is 5. The molecule has 7 nitrogen and oxygen atoms in total. The minimum atomic E-state index is -0.605. The van der Waals surface area contributed by atoms with Gasteiger partial charge in [-0.05, 0) is 48.9 Å². The summed E-state index contributed by atoms with van der Waals surface area (Å²) >= 11 is 0. The van der Waals surface area contributed by atoms with Crippen LogP contribution >= 0.6 is 0 Å². The van der Waals surface area contributed by atoms with E-state index in [9.17, 15) is 14.0 Å². The zero-order valence-electron chi connectivity index (χ0n) is 17.4. The summed E-state index contributed by atoms with van der Waals surface area (Å²) in [5.41, 5.74) is 2.08. The molecule has 31 heavy (non-hydrogen) atoms. The van der Waals surface area contributed by atoms with Gasteiger partial charge in [0.15, 0.2) is 0 Å².